The van der Waals surface area contributed by atoms with Crippen LogP contribution >= 0.6 is 23.5 Å². The number of rotatable bonds is 9. The Kier molecular flexibility index (Phi) is 7.67. The second-order valence-corrected chi connectivity index (χ2v) is 8.48. The van der Waals surface area contributed by atoms with Crippen LogP contribution in [0.1, 0.15) is 34.1 Å². The maximum atomic E-state index is 11.3. The Hall–Kier alpha value is -0.280. The van der Waals surface area contributed by atoms with Crippen molar-refractivity contribution in [3.8, 4) is 0 Å². The molecule has 0 amide bonds. The van der Waals surface area contributed by atoms with E-state index in [1.807, 2.05) is 13.8 Å². The summed E-state index contributed by atoms with van der Waals surface area (Å²) in [6.07, 6.45) is -2.80. The maximum absolute atomic E-state index is 11.3. The number of carbonyl (C=O) groups is 2. The number of carboxylic acids is 1. The highest BCUT2D eigenvalue weighted by Crippen LogP contribution is 2.40. The molecule has 3 atom stereocenters. The van der Waals surface area contributed by atoms with Crippen LogP contribution in [0.4, 0.5) is 0 Å². The number of aliphatic hydroxyl groups is 1. The molecule has 1 aliphatic rings. The fourth-order valence-corrected chi connectivity index (χ4v) is 4.94. The van der Waals surface area contributed by atoms with Crippen LogP contribution in [0.2, 0.25) is 0 Å². The molecule has 0 saturated carbocycles. The van der Waals surface area contributed by atoms with Gasteiger partial charge in [-0.05, 0) is 25.4 Å². The zero-order valence-electron chi connectivity index (χ0n) is 13.3. The third-order valence-electron chi connectivity index (χ3n) is 3.11. The van der Waals surface area contributed by atoms with E-state index >= 15 is 0 Å². The molecule has 1 fully saturated rings. The summed E-state index contributed by atoms with van der Waals surface area (Å²) in [4.78, 5) is 22.0. The molecule has 0 radical (unpaired) electrons. The number of aliphatic hydroxyl groups excluding tert-OH is 1. The monoisotopic (exact) mass is 352 g/mol. The number of thioether (sulfide) groups is 2. The summed E-state index contributed by atoms with van der Waals surface area (Å²) in [5, 5.41) is 18.9. The first-order chi connectivity index (χ1) is 10.2. The molecule has 1 saturated heterocycles. The van der Waals surface area contributed by atoms with Crippen LogP contribution in [-0.2, 0) is 19.1 Å². The van der Waals surface area contributed by atoms with Crippen molar-refractivity contribution in [2.45, 2.75) is 62.8 Å². The summed E-state index contributed by atoms with van der Waals surface area (Å²) in [7, 11) is 0. The number of ketones is 1. The van der Waals surface area contributed by atoms with E-state index in [4.69, 9.17) is 14.6 Å². The van der Waals surface area contributed by atoms with Crippen molar-refractivity contribution >= 4 is 35.3 Å². The van der Waals surface area contributed by atoms with Gasteiger partial charge < -0.3 is 19.7 Å². The lowest BCUT2D eigenvalue weighted by Crippen LogP contribution is -2.42. The lowest BCUT2D eigenvalue weighted by atomic mass is 10.0. The number of hydrogen-bond acceptors (Lipinski definition) is 7. The number of carbonyl (C=O) groups excluding carboxylic acids is 1. The van der Waals surface area contributed by atoms with Crippen LogP contribution < -0.4 is 0 Å². The molecule has 22 heavy (non-hydrogen) atoms. The topological polar surface area (TPSA) is 93.1 Å². The van der Waals surface area contributed by atoms with Crippen LogP contribution in [0.25, 0.3) is 0 Å². The minimum Gasteiger partial charge on any atom is -0.475 e. The highest BCUT2D eigenvalue weighted by molar-refractivity contribution is 8.17. The maximum Gasteiger partial charge on any atom is 0.372 e. The van der Waals surface area contributed by atoms with Gasteiger partial charge in [0.2, 0.25) is 5.78 Å². The summed E-state index contributed by atoms with van der Waals surface area (Å²) < 4.78 is 11.7. The number of Topliss-reactive ketones (excluding diaryl/α,β-unsaturated/α-hetero) is 1. The van der Waals surface area contributed by atoms with Gasteiger partial charge in [0.05, 0.1) is 10.7 Å². The number of aliphatic carboxylic acids is 1. The van der Waals surface area contributed by atoms with Crippen molar-refractivity contribution in [1.82, 2.24) is 0 Å². The summed E-state index contributed by atoms with van der Waals surface area (Å²) in [5.74, 6) is -1.67. The van der Waals surface area contributed by atoms with Crippen LogP contribution in [0.5, 0.6) is 0 Å². The van der Waals surface area contributed by atoms with Gasteiger partial charge in [-0.3, -0.25) is 4.79 Å². The second kappa shape index (κ2) is 8.54. The number of carboxylic acid groups (broad SMARTS) is 1. The quantitative estimate of drug-likeness (QED) is 0.479. The fraction of sp³-hybridized carbons (Fsp3) is 0.857. The van der Waals surface area contributed by atoms with Gasteiger partial charge in [0.1, 0.15) is 12.2 Å². The first-order valence-corrected chi connectivity index (χ1v) is 9.34. The fourth-order valence-electron chi connectivity index (χ4n) is 2.28. The molecule has 0 spiro atoms. The smallest absolute Gasteiger partial charge is 0.372 e. The molecule has 1 rings (SSSR count). The van der Waals surface area contributed by atoms with E-state index in [1.165, 1.54) is 0 Å². The van der Waals surface area contributed by atoms with Crippen molar-refractivity contribution in [2.75, 3.05) is 11.5 Å². The standard InChI is InChI=1S/C14H24O6S2/c1-5-21-13(22-6-2)11-10(19-14(3,4)20-11)8(15)7-9(16)12(17)18/h8,10-11,13,15H,5-7H2,1-4H3,(H,17,18)/t8-,10-,11-/m0/s1. The van der Waals surface area contributed by atoms with E-state index in [9.17, 15) is 14.7 Å². The molecule has 1 aliphatic heterocycles. The Morgan fingerprint density at radius 1 is 1.14 bits per heavy atom. The predicted octanol–water partition coefficient (Wildman–Crippen LogP) is 1.74. The summed E-state index contributed by atoms with van der Waals surface area (Å²) in [5.41, 5.74) is 0. The van der Waals surface area contributed by atoms with Gasteiger partial charge in [0.15, 0.2) is 5.79 Å². The van der Waals surface area contributed by atoms with Gasteiger partial charge >= 0.3 is 5.97 Å². The van der Waals surface area contributed by atoms with Gasteiger partial charge in [0.25, 0.3) is 0 Å². The molecule has 0 aromatic heterocycles. The van der Waals surface area contributed by atoms with E-state index in [1.54, 1.807) is 37.4 Å². The Bertz CT molecular complexity index is 395. The Morgan fingerprint density at radius 2 is 1.64 bits per heavy atom. The lowest BCUT2D eigenvalue weighted by molar-refractivity contribution is -0.159. The Morgan fingerprint density at radius 3 is 2.09 bits per heavy atom. The zero-order valence-corrected chi connectivity index (χ0v) is 14.9. The molecule has 0 aromatic rings. The molecule has 6 nitrogen and oxygen atoms in total. The van der Waals surface area contributed by atoms with Crippen LogP contribution in [0.3, 0.4) is 0 Å². The van der Waals surface area contributed by atoms with E-state index in [0.717, 1.165) is 11.5 Å². The molecule has 128 valence electrons. The summed E-state index contributed by atoms with van der Waals surface area (Å²) >= 11 is 3.38. The van der Waals surface area contributed by atoms with Gasteiger partial charge in [-0.1, -0.05) is 13.8 Å². The SMILES string of the molecule is CCSC(SCC)[C@H]1OC(C)(C)O[C@H]1[C@@H](O)CC(=O)C(=O)O. The molecular weight excluding hydrogens is 328 g/mol. The molecule has 0 bridgehead atoms. The Labute approximate surface area is 139 Å². The minimum absolute atomic E-state index is 0.0522. The normalized spacial score (nSPS) is 25.4. The van der Waals surface area contributed by atoms with Crippen LogP contribution in [0.15, 0.2) is 0 Å². The zero-order chi connectivity index (χ0) is 16.9. The average molecular weight is 352 g/mol. The molecule has 2 N–H and O–H groups in total. The van der Waals surface area contributed by atoms with Gasteiger partial charge in [-0.15, -0.1) is 23.5 Å². The molecule has 0 unspecified atom stereocenters. The van der Waals surface area contributed by atoms with E-state index in [2.05, 4.69) is 0 Å². The lowest BCUT2D eigenvalue weighted by Gasteiger charge is -2.27. The first-order valence-electron chi connectivity index (χ1n) is 7.24. The van der Waals surface area contributed by atoms with E-state index in [0.29, 0.717) is 0 Å². The van der Waals surface area contributed by atoms with Crippen molar-refractivity contribution in [3.05, 3.63) is 0 Å². The number of ether oxygens (including phenoxy) is 2. The second-order valence-electron chi connectivity index (χ2n) is 5.34. The van der Waals surface area contributed by atoms with Crippen molar-refractivity contribution in [2.24, 2.45) is 0 Å². The third kappa shape index (κ3) is 5.42. The molecule has 1 heterocycles. The highest BCUT2D eigenvalue weighted by atomic mass is 32.2. The van der Waals surface area contributed by atoms with E-state index in [-0.39, 0.29) is 4.58 Å². The number of hydrogen-bond donors (Lipinski definition) is 2. The van der Waals surface area contributed by atoms with Crippen molar-refractivity contribution in [1.29, 1.82) is 0 Å². The predicted molar refractivity (Wildman–Crippen MR) is 87.1 cm³/mol. The van der Waals surface area contributed by atoms with Gasteiger partial charge in [0, 0.05) is 6.42 Å². The molecule has 8 heteroatoms. The van der Waals surface area contributed by atoms with Crippen molar-refractivity contribution in [3.63, 3.8) is 0 Å². The first kappa shape index (κ1) is 19.8. The van der Waals surface area contributed by atoms with Gasteiger partial charge in [-0.2, -0.15) is 0 Å². The Balaban J connectivity index is 2.87. The van der Waals surface area contributed by atoms with Crippen LogP contribution in [0, 0.1) is 0 Å². The highest BCUT2D eigenvalue weighted by Gasteiger charge is 2.48. The third-order valence-corrected chi connectivity index (χ3v) is 5.78. The molecule has 0 aliphatic carbocycles. The molecular formula is C14H24O6S2. The molecule has 0 aromatic carbocycles. The average Bonchev–Trinajstić information content (AvgIpc) is 2.74. The van der Waals surface area contributed by atoms with Gasteiger partial charge in [-0.25, -0.2) is 4.79 Å². The summed E-state index contributed by atoms with van der Waals surface area (Å²) in [6.45, 7) is 7.56. The minimum atomic E-state index is -1.55. The van der Waals surface area contributed by atoms with Crippen molar-refractivity contribution < 1.29 is 29.3 Å². The summed E-state index contributed by atoms with van der Waals surface area (Å²) in [6, 6.07) is 0. The van der Waals surface area contributed by atoms with Crippen LogP contribution in [-0.4, -0.2) is 62.2 Å². The largest absolute Gasteiger partial charge is 0.475 e. The van der Waals surface area contributed by atoms with E-state index < -0.39 is 42.3 Å².